The van der Waals surface area contributed by atoms with Crippen molar-refractivity contribution < 1.29 is 0 Å². The molecule has 2 bridgehead atoms. The number of rotatable bonds is 2. The fraction of sp³-hybridized carbons (Fsp3) is 1.00. The molecule has 80 valence electrons. The van der Waals surface area contributed by atoms with E-state index in [9.17, 15) is 0 Å². The molecule has 3 saturated carbocycles. The lowest BCUT2D eigenvalue weighted by molar-refractivity contribution is 0.166. The van der Waals surface area contributed by atoms with E-state index in [2.05, 4.69) is 12.2 Å². The van der Waals surface area contributed by atoms with Crippen molar-refractivity contribution in [2.75, 3.05) is 0 Å². The van der Waals surface area contributed by atoms with Crippen LogP contribution in [-0.4, -0.2) is 12.1 Å². The molecule has 2 atom stereocenters. The second kappa shape index (κ2) is 3.52. The predicted molar refractivity (Wildman–Crippen MR) is 59.2 cm³/mol. The third kappa shape index (κ3) is 1.50. The Kier molecular flexibility index (Phi) is 2.31. The molecule has 3 aliphatic rings. The molecule has 0 aliphatic heterocycles. The van der Waals surface area contributed by atoms with Crippen molar-refractivity contribution in [2.45, 2.75) is 64.0 Å². The molecule has 3 fully saturated rings. The van der Waals surface area contributed by atoms with Crippen molar-refractivity contribution in [3.8, 4) is 0 Å². The maximum Gasteiger partial charge on any atom is 0.0126 e. The van der Waals surface area contributed by atoms with Crippen molar-refractivity contribution in [3.63, 3.8) is 0 Å². The van der Waals surface area contributed by atoms with Crippen molar-refractivity contribution >= 4 is 0 Å². The molecule has 1 nitrogen and oxygen atoms in total. The van der Waals surface area contributed by atoms with Gasteiger partial charge in [-0.05, 0) is 56.3 Å². The third-order valence-corrected chi connectivity index (χ3v) is 4.88. The van der Waals surface area contributed by atoms with E-state index in [0.717, 1.165) is 29.8 Å². The van der Waals surface area contributed by atoms with Crippen LogP contribution in [0.4, 0.5) is 0 Å². The molecule has 1 N–H and O–H groups in total. The number of nitrogens with one attached hydrogen (secondary N) is 1. The highest BCUT2D eigenvalue weighted by Gasteiger charge is 2.40. The standard InChI is InChI=1S/C13H23N/c1-9-7-12(8-9)14-13-10-3-2-4-11(13)6-5-10/h9-14H,2-8H2,1H3. The van der Waals surface area contributed by atoms with Gasteiger partial charge in [-0.2, -0.15) is 0 Å². The first-order chi connectivity index (χ1) is 6.83. The summed E-state index contributed by atoms with van der Waals surface area (Å²) in [6.45, 7) is 2.38. The van der Waals surface area contributed by atoms with Gasteiger partial charge >= 0.3 is 0 Å². The average molecular weight is 193 g/mol. The lowest BCUT2D eigenvalue weighted by atomic mass is 9.78. The van der Waals surface area contributed by atoms with E-state index in [0.29, 0.717) is 0 Å². The van der Waals surface area contributed by atoms with Crippen LogP contribution in [0, 0.1) is 17.8 Å². The summed E-state index contributed by atoms with van der Waals surface area (Å²) in [7, 11) is 0. The Bertz CT molecular complexity index is 191. The van der Waals surface area contributed by atoms with Gasteiger partial charge in [-0.3, -0.25) is 0 Å². The first kappa shape index (κ1) is 9.21. The fourth-order valence-electron chi connectivity index (χ4n) is 4.04. The normalized spacial score (nSPS) is 51.6. The summed E-state index contributed by atoms with van der Waals surface area (Å²) in [5, 5.41) is 3.95. The van der Waals surface area contributed by atoms with Crippen molar-refractivity contribution in [2.24, 2.45) is 17.8 Å². The Balaban J connectivity index is 1.57. The summed E-state index contributed by atoms with van der Waals surface area (Å²) < 4.78 is 0. The maximum atomic E-state index is 3.95. The molecule has 0 heterocycles. The molecule has 0 aromatic carbocycles. The topological polar surface area (TPSA) is 12.0 Å². The van der Waals surface area contributed by atoms with Crippen molar-refractivity contribution in [1.82, 2.24) is 5.32 Å². The van der Waals surface area contributed by atoms with Gasteiger partial charge in [0.2, 0.25) is 0 Å². The van der Waals surface area contributed by atoms with Gasteiger partial charge in [-0.25, -0.2) is 0 Å². The van der Waals surface area contributed by atoms with Gasteiger partial charge in [-0.15, -0.1) is 0 Å². The zero-order chi connectivity index (χ0) is 9.54. The van der Waals surface area contributed by atoms with Gasteiger partial charge in [0.15, 0.2) is 0 Å². The number of hydrogen-bond acceptors (Lipinski definition) is 1. The minimum atomic E-state index is 0.885. The van der Waals surface area contributed by atoms with Crippen LogP contribution in [0.15, 0.2) is 0 Å². The fourth-order valence-corrected chi connectivity index (χ4v) is 4.04. The first-order valence-corrected chi connectivity index (χ1v) is 6.59. The second-order valence-electron chi connectivity index (χ2n) is 5.99. The number of hydrogen-bond donors (Lipinski definition) is 1. The summed E-state index contributed by atoms with van der Waals surface area (Å²) in [6.07, 6.45) is 10.4. The molecule has 1 heteroatoms. The van der Waals surface area contributed by atoms with Crippen LogP contribution in [0.1, 0.15) is 51.9 Å². The summed E-state index contributed by atoms with van der Waals surface area (Å²) in [5.74, 6) is 3.09. The average Bonchev–Trinajstić information content (AvgIpc) is 2.35. The Hall–Kier alpha value is -0.0400. The van der Waals surface area contributed by atoms with Gasteiger partial charge in [0.05, 0.1) is 0 Å². The van der Waals surface area contributed by atoms with Gasteiger partial charge in [0.25, 0.3) is 0 Å². The lowest BCUT2D eigenvalue weighted by Crippen LogP contribution is -2.50. The predicted octanol–water partition coefficient (Wildman–Crippen LogP) is 2.95. The second-order valence-corrected chi connectivity index (χ2v) is 5.99. The molecule has 0 aromatic heterocycles. The van der Waals surface area contributed by atoms with Gasteiger partial charge in [0.1, 0.15) is 0 Å². The van der Waals surface area contributed by atoms with Crippen LogP contribution in [0.5, 0.6) is 0 Å². The molecule has 0 aromatic rings. The van der Waals surface area contributed by atoms with Crippen molar-refractivity contribution in [3.05, 3.63) is 0 Å². The molecule has 0 radical (unpaired) electrons. The summed E-state index contributed by atoms with van der Waals surface area (Å²) in [6, 6.07) is 1.80. The summed E-state index contributed by atoms with van der Waals surface area (Å²) in [5.41, 5.74) is 0. The molecule has 0 amide bonds. The molecular formula is C13H23N. The van der Waals surface area contributed by atoms with Crippen LogP contribution >= 0.6 is 0 Å². The highest BCUT2D eigenvalue weighted by atomic mass is 15.0. The molecule has 3 rings (SSSR count). The van der Waals surface area contributed by atoms with Crippen LogP contribution in [-0.2, 0) is 0 Å². The monoisotopic (exact) mass is 193 g/mol. The molecule has 3 aliphatic carbocycles. The van der Waals surface area contributed by atoms with Crippen LogP contribution in [0.25, 0.3) is 0 Å². The smallest absolute Gasteiger partial charge is 0.0126 e. The lowest BCUT2D eigenvalue weighted by Gasteiger charge is -2.40. The van der Waals surface area contributed by atoms with Gasteiger partial charge < -0.3 is 5.32 Å². The van der Waals surface area contributed by atoms with E-state index < -0.39 is 0 Å². The SMILES string of the molecule is CC1CC(NC2C3CCCC2CC3)C1. The quantitative estimate of drug-likeness (QED) is 0.711. The van der Waals surface area contributed by atoms with E-state index in [4.69, 9.17) is 0 Å². The van der Waals surface area contributed by atoms with Crippen LogP contribution in [0.2, 0.25) is 0 Å². The van der Waals surface area contributed by atoms with E-state index in [-0.39, 0.29) is 0 Å². The van der Waals surface area contributed by atoms with Gasteiger partial charge in [-0.1, -0.05) is 13.3 Å². The van der Waals surface area contributed by atoms with Gasteiger partial charge in [0, 0.05) is 12.1 Å². The number of fused-ring (bicyclic) bond motifs is 2. The van der Waals surface area contributed by atoms with E-state index >= 15 is 0 Å². The van der Waals surface area contributed by atoms with E-state index in [1.165, 1.54) is 44.9 Å². The minimum Gasteiger partial charge on any atom is -0.311 e. The third-order valence-electron chi connectivity index (χ3n) is 4.88. The largest absolute Gasteiger partial charge is 0.311 e. The van der Waals surface area contributed by atoms with E-state index in [1.54, 1.807) is 0 Å². The first-order valence-electron chi connectivity index (χ1n) is 6.59. The zero-order valence-corrected chi connectivity index (χ0v) is 9.34. The van der Waals surface area contributed by atoms with Crippen molar-refractivity contribution in [1.29, 1.82) is 0 Å². The molecule has 14 heavy (non-hydrogen) atoms. The Labute approximate surface area is 87.7 Å². The van der Waals surface area contributed by atoms with E-state index in [1.807, 2.05) is 0 Å². The van der Waals surface area contributed by atoms with Crippen LogP contribution < -0.4 is 5.32 Å². The molecule has 2 unspecified atom stereocenters. The highest BCUT2D eigenvalue weighted by Crippen LogP contribution is 2.43. The highest BCUT2D eigenvalue weighted by molar-refractivity contribution is 4.97. The summed E-state index contributed by atoms with van der Waals surface area (Å²) >= 11 is 0. The Morgan fingerprint density at radius 2 is 1.57 bits per heavy atom. The van der Waals surface area contributed by atoms with Crippen LogP contribution in [0.3, 0.4) is 0 Å². The maximum absolute atomic E-state index is 3.95. The molecule has 0 saturated heterocycles. The Morgan fingerprint density at radius 1 is 0.929 bits per heavy atom. The zero-order valence-electron chi connectivity index (χ0n) is 9.34. The Morgan fingerprint density at radius 3 is 2.14 bits per heavy atom. The summed E-state index contributed by atoms with van der Waals surface area (Å²) in [4.78, 5) is 0. The molecule has 0 spiro atoms. The molecular weight excluding hydrogens is 170 g/mol. The minimum absolute atomic E-state index is 0.885.